The first-order chi connectivity index (χ1) is 7.65. The highest BCUT2D eigenvalue weighted by molar-refractivity contribution is 6.28. The van der Waals surface area contributed by atoms with Gasteiger partial charge in [-0.1, -0.05) is 0 Å². The predicted octanol–water partition coefficient (Wildman–Crippen LogP) is 3.20. The molecule has 0 bridgehead atoms. The molecule has 0 amide bonds. The number of nitrogens with one attached hydrogen (secondary N) is 1. The van der Waals surface area contributed by atoms with Crippen molar-refractivity contribution < 1.29 is 4.42 Å². The van der Waals surface area contributed by atoms with Crippen molar-refractivity contribution >= 4 is 17.4 Å². The summed E-state index contributed by atoms with van der Waals surface area (Å²) in [5.74, 6) is 1.55. The standard InChI is InChI=1S/C11H12ClN3O/c1-7-6-10(15-11(12)13-7)14-8(2)9-4-3-5-16-9/h3-6,8H,1-2H3,(H,13,14,15). The molecule has 2 aromatic rings. The van der Waals surface area contributed by atoms with Gasteiger partial charge >= 0.3 is 0 Å². The average Bonchev–Trinajstić information content (AvgIpc) is 2.68. The Morgan fingerprint density at radius 1 is 1.44 bits per heavy atom. The number of aromatic nitrogens is 2. The third kappa shape index (κ3) is 2.52. The summed E-state index contributed by atoms with van der Waals surface area (Å²) < 4.78 is 5.29. The number of anilines is 1. The molecule has 84 valence electrons. The molecule has 16 heavy (non-hydrogen) atoms. The second-order valence-corrected chi connectivity index (χ2v) is 3.88. The zero-order chi connectivity index (χ0) is 11.5. The zero-order valence-corrected chi connectivity index (χ0v) is 9.82. The van der Waals surface area contributed by atoms with Crippen molar-refractivity contribution in [2.45, 2.75) is 19.9 Å². The lowest BCUT2D eigenvalue weighted by molar-refractivity contribution is 0.490. The van der Waals surface area contributed by atoms with Gasteiger partial charge in [-0.3, -0.25) is 0 Å². The van der Waals surface area contributed by atoms with Crippen LogP contribution in [0, 0.1) is 6.92 Å². The fourth-order valence-electron chi connectivity index (χ4n) is 1.44. The molecule has 5 heteroatoms. The van der Waals surface area contributed by atoms with Gasteiger partial charge in [0.25, 0.3) is 0 Å². The Balaban J connectivity index is 2.15. The maximum Gasteiger partial charge on any atom is 0.224 e. The lowest BCUT2D eigenvalue weighted by Crippen LogP contribution is -2.07. The average molecular weight is 238 g/mol. The molecule has 0 aliphatic rings. The van der Waals surface area contributed by atoms with Gasteiger partial charge in [-0.05, 0) is 37.6 Å². The second kappa shape index (κ2) is 4.53. The van der Waals surface area contributed by atoms with E-state index in [0.717, 1.165) is 11.5 Å². The molecule has 1 unspecified atom stereocenters. The first kappa shape index (κ1) is 11.0. The molecule has 0 spiro atoms. The van der Waals surface area contributed by atoms with E-state index in [4.69, 9.17) is 16.0 Å². The van der Waals surface area contributed by atoms with Crippen LogP contribution in [0.1, 0.15) is 24.4 Å². The Bertz CT molecular complexity index is 450. The minimum atomic E-state index is 0.0420. The van der Waals surface area contributed by atoms with Crippen LogP contribution in [0.15, 0.2) is 28.9 Å². The van der Waals surface area contributed by atoms with Crippen LogP contribution in [-0.4, -0.2) is 9.97 Å². The van der Waals surface area contributed by atoms with E-state index in [9.17, 15) is 0 Å². The van der Waals surface area contributed by atoms with Crippen LogP contribution in [0.2, 0.25) is 5.28 Å². The molecule has 1 N–H and O–H groups in total. The van der Waals surface area contributed by atoms with Crippen LogP contribution >= 0.6 is 11.6 Å². The minimum Gasteiger partial charge on any atom is -0.467 e. The summed E-state index contributed by atoms with van der Waals surface area (Å²) in [5, 5.41) is 3.44. The number of aryl methyl sites for hydroxylation is 1. The smallest absolute Gasteiger partial charge is 0.224 e. The molecule has 2 heterocycles. The molecule has 2 rings (SSSR count). The SMILES string of the molecule is Cc1cc(NC(C)c2ccco2)nc(Cl)n1. The fourth-order valence-corrected chi connectivity index (χ4v) is 1.66. The summed E-state index contributed by atoms with van der Waals surface area (Å²) in [4.78, 5) is 8.08. The Kier molecular flexibility index (Phi) is 3.10. The van der Waals surface area contributed by atoms with Crippen molar-refractivity contribution in [1.82, 2.24) is 9.97 Å². The van der Waals surface area contributed by atoms with Gasteiger partial charge in [-0.2, -0.15) is 0 Å². The van der Waals surface area contributed by atoms with E-state index in [0.29, 0.717) is 5.82 Å². The van der Waals surface area contributed by atoms with Crippen LogP contribution in [-0.2, 0) is 0 Å². The lowest BCUT2D eigenvalue weighted by Gasteiger charge is -2.12. The normalized spacial score (nSPS) is 12.4. The molecule has 4 nitrogen and oxygen atoms in total. The van der Waals surface area contributed by atoms with Crippen molar-refractivity contribution in [1.29, 1.82) is 0 Å². The molecule has 0 aromatic carbocycles. The summed E-state index contributed by atoms with van der Waals surface area (Å²) in [5.41, 5.74) is 0.828. The number of halogens is 1. The summed E-state index contributed by atoms with van der Waals surface area (Å²) >= 11 is 5.77. The predicted molar refractivity (Wildman–Crippen MR) is 62.5 cm³/mol. The van der Waals surface area contributed by atoms with Crippen LogP contribution in [0.3, 0.4) is 0 Å². The molecule has 0 fully saturated rings. The monoisotopic (exact) mass is 237 g/mol. The number of hydrogen-bond donors (Lipinski definition) is 1. The first-order valence-corrected chi connectivity index (χ1v) is 5.34. The van der Waals surface area contributed by atoms with Gasteiger partial charge in [0.1, 0.15) is 11.6 Å². The molecule has 0 aliphatic heterocycles. The molecule has 0 radical (unpaired) electrons. The number of hydrogen-bond acceptors (Lipinski definition) is 4. The quantitative estimate of drug-likeness (QED) is 0.833. The van der Waals surface area contributed by atoms with Crippen molar-refractivity contribution in [2.24, 2.45) is 0 Å². The number of rotatable bonds is 3. The number of furan rings is 1. The van der Waals surface area contributed by atoms with E-state index in [1.54, 1.807) is 6.26 Å². The lowest BCUT2D eigenvalue weighted by atomic mass is 10.2. The Hall–Kier alpha value is -1.55. The van der Waals surface area contributed by atoms with Gasteiger partial charge in [-0.15, -0.1) is 0 Å². The summed E-state index contributed by atoms with van der Waals surface area (Å²) in [7, 11) is 0. The molecule has 0 saturated heterocycles. The first-order valence-electron chi connectivity index (χ1n) is 4.96. The summed E-state index contributed by atoms with van der Waals surface area (Å²) in [6, 6.07) is 5.64. The Morgan fingerprint density at radius 3 is 2.88 bits per heavy atom. The Morgan fingerprint density at radius 2 is 2.25 bits per heavy atom. The van der Waals surface area contributed by atoms with Gasteiger partial charge < -0.3 is 9.73 Å². The van der Waals surface area contributed by atoms with Gasteiger partial charge in [0.05, 0.1) is 12.3 Å². The van der Waals surface area contributed by atoms with Gasteiger partial charge in [0.15, 0.2) is 0 Å². The maximum absolute atomic E-state index is 5.77. The molecule has 0 aliphatic carbocycles. The van der Waals surface area contributed by atoms with Gasteiger partial charge in [0, 0.05) is 11.8 Å². The van der Waals surface area contributed by atoms with Crippen molar-refractivity contribution in [3.63, 3.8) is 0 Å². The minimum absolute atomic E-state index is 0.0420. The van der Waals surface area contributed by atoms with Crippen LogP contribution in [0.4, 0.5) is 5.82 Å². The highest BCUT2D eigenvalue weighted by Crippen LogP contribution is 2.19. The second-order valence-electron chi connectivity index (χ2n) is 3.55. The Labute approximate surface area is 98.7 Å². The van der Waals surface area contributed by atoms with E-state index >= 15 is 0 Å². The van der Waals surface area contributed by atoms with Crippen LogP contribution in [0.5, 0.6) is 0 Å². The molecule has 2 aromatic heterocycles. The topological polar surface area (TPSA) is 51.0 Å². The zero-order valence-electron chi connectivity index (χ0n) is 9.07. The highest BCUT2D eigenvalue weighted by atomic mass is 35.5. The molecular formula is C11H12ClN3O. The van der Waals surface area contributed by atoms with Gasteiger partial charge in [-0.25, -0.2) is 9.97 Å². The largest absolute Gasteiger partial charge is 0.467 e. The van der Waals surface area contributed by atoms with Crippen molar-refractivity contribution in [3.05, 3.63) is 41.2 Å². The highest BCUT2D eigenvalue weighted by Gasteiger charge is 2.09. The van der Waals surface area contributed by atoms with E-state index < -0.39 is 0 Å². The van der Waals surface area contributed by atoms with Gasteiger partial charge in [0.2, 0.25) is 5.28 Å². The number of nitrogens with zero attached hydrogens (tertiary/aromatic N) is 2. The van der Waals surface area contributed by atoms with E-state index in [-0.39, 0.29) is 11.3 Å². The summed E-state index contributed by atoms with van der Waals surface area (Å²) in [6.45, 7) is 3.86. The molecule has 1 atom stereocenters. The van der Waals surface area contributed by atoms with Crippen LogP contribution < -0.4 is 5.32 Å². The van der Waals surface area contributed by atoms with E-state index in [1.165, 1.54) is 0 Å². The third-order valence-corrected chi connectivity index (χ3v) is 2.33. The van der Waals surface area contributed by atoms with Crippen LogP contribution in [0.25, 0.3) is 0 Å². The summed E-state index contributed by atoms with van der Waals surface area (Å²) in [6.07, 6.45) is 1.64. The van der Waals surface area contributed by atoms with E-state index in [2.05, 4.69) is 15.3 Å². The fraction of sp³-hybridized carbons (Fsp3) is 0.273. The van der Waals surface area contributed by atoms with E-state index in [1.807, 2.05) is 32.0 Å². The molecular weight excluding hydrogens is 226 g/mol. The maximum atomic E-state index is 5.77. The van der Waals surface area contributed by atoms with Crippen molar-refractivity contribution in [2.75, 3.05) is 5.32 Å². The third-order valence-electron chi connectivity index (χ3n) is 2.16. The molecule has 0 saturated carbocycles. The van der Waals surface area contributed by atoms with Crippen molar-refractivity contribution in [3.8, 4) is 0 Å².